The van der Waals surface area contributed by atoms with Crippen LogP contribution in [0.15, 0.2) is 12.3 Å². The van der Waals surface area contributed by atoms with Gasteiger partial charge < -0.3 is 10.5 Å². The van der Waals surface area contributed by atoms with Crippen LogP contribution in [0.2, 0.25) is 0 Å². The Labute approximate surface area is 66.6 Å². The van der Waals surface area contributed by atoms with E-state index in [4.69, 9.17) is 5.73 Å². The normalized spacial score (nSPS) is 7.70. The van der Waals surface area contributed by atoms with E-state index in [0.717, 1.165) is 6.42 Å². The molecular weight excluding hydrogens is 154 g/mol. The fraction of sp³-hybridized carbons (Fsp3) is 0.500. The molecule has 0 aliphatic heterocycles. The Balaban J connectivity index is 0. The Morgan fingerprint density at radius 3 is 2.50 bits per heavy atom. The molecule has 0 spiro atoms. The number of esters is 1. The molecule has 0 aromatic heterocycles. The summed E-state index contributed by atoms with van der Waals surface area (Å²) in [6, 6.07) is 0. The lowest BCUT2D eigenvalue weighted by atomic mass is 10.5. The molecule has 0 amide bonds. The highest BCUT2D eigenvalue weighted by Crippen LogP contribution is 1.86. The number of carbonyl (C=O) groups is 1. The second-order valence-electron chi connectivity index (χ2n) is 1.66. The van der Waals surface area contributed by atoms with Crippen molar-refractivity contribution in [2.24, 2.45) is 5.73 Å². The van der Waals surface area contributed by atoms with E-state index < -0.39 is 5.97 Å². The van der Waals surface area contributed by atoms with Crippen LogP contribution in [0.25, 0.3) is 0 Å². The molecule has 4 heteroatoms. The predicted molar refractivity (Wildman–Crippen MR) is 41.8 cm³/mol. The highest BCUT2D eigenvalue weighted by Gasteiger charge is 2.00. The van der Waals surface area contributed by atoms with Gasteiger partial charge in [-0.2, -0.15) is 0 Å². The van der Waals surface area contributed by atoms with Crippen LogP contribution >= 0.6 is 12.4 Å². The van der Waals surface area contributed by atoms with Gasteiger partial charge in [-0.15, -0.1) is 12.4 Å². The van der Waals surface area contributed by atoms with Gasteiger partial charge >= 0.3 is 5.97 Å². The van der Waals surface area contributed by atoms with Crippen LogP contribution < -0.4 is 5.73 Å². The summed E-state index contributed by atoms with van der Waals surface area (Å²) in [5, 5.41) is 0. The fourth-order valence-corrected chi connectivity index (χ4v) is 0.287. The van der Waals surface area contributed by atoms with Crippen LogP contribution in [-0.2, 0) is 9.53 Å². The third-order valence-electron chi connectivity index (χ3n) is 0.699. The molecule has 0 aliphatic rings. The van der Waals surface area contributed by atoms with E-state index in [0.29, 0.717) is 6.61 Å². The maximum absolute atomic E-state index is 10.5. The van der Waals surface area contributed by atoms with Gasteiger partial charge in [-0.3, -0.25) is 0 Å². The molecule has 0 aliphatic carbocycles. The first-order chi connectivity index (χ1) is 4.18. The van der Waals surface area contributed by atoms with Crippen molar-refractivity contribution in [3.05, 3.63) is 12.3 Å². The van der Waals surface area contributed by atoms with E-state index in [1.807, 2.05) is 6.92 Å². The maximum atomic E-state index is 10.5. The number of rotatable bonds is 3. The quantitative estimate of drug-likeness (QED) is 0.498. The zero-order chi connectivity index (χ0) is 7.28. The molecule has 0 unspecified atom stereocenters. The van der Waals surface area contributed by atoms with Crippen molar-refractivity contribution in [2.75, 3.05) is 6.61 Å². The van der Waals surface area contributed by atoms with Gasteiger partial charge in [0, 0.05) is 0 Å². The molecule has 0 rings (SSSR count). The largest absolute Gasteiger partial charge is 0.461 e. The summed E-state index contributed by atoms with van der Waals surface area (Å²) in [4.78, 5) is 10.5. The molecule has 0 heterocycles. The molecule has 0 saturated heterocycles. The number of hydrogen-bond acceptors (Lipinski definition) is 3. The maximum Gasteiger partial charge on any atom is 0.353 e. The monoisotopic (exact) mass is 165 g/mol. The summed E-state index contributed by atoms with van der Waals surface area (Å²) in [5.74, 6) is -0.517. The molecule has 0 bridgehead atoms. The molecule has 0 saturated carbocycles. The SMILES string of the molecule is C=C(N)C(=O)OCCC.Cl. The molecular formula is C6H12ClNO2. The average Bonchev–Trinajstić information content (AvgIpc) is 1.82. The van der Waals surface area contributed by atoms with Gasteiger partial charge in [-0.05, 0) is 6.42 Å². The number of halogens is 1. The third-order valence-corrected chi connectivity index (χ3v) is 0.699. The van der Waals surface area contributed by atoms with Crippen molar-refractivity contribution in [3.8, 4) is 0 Å². The first-order valence-corrected chi connectivity index (χ1v) is 2.80. The lowest BCUT2D eigenvalue weighted by Gasteiger charge is -1.99. The van der Waals surface area contributed by atoms with Crippen molar-refractivity contribution < 1.29 is 9.53 Å². The Morgan fingerprint density at radius 2 is 2.20 bits per heavy atom. The smallest absolute Gasteiger partial charge is 0.353 e. The topological polar surface area (TPSA) is 52.3 Å². The van der Waals surface area contributed by atoms with Gasteiger partial charge in [-0.25, -0.2) is 4.79 Å². The van der Waals surface area contributed by atoms with Crippen molar-refractivity contribution in [3.63, 3.8) is 0 Å². The van der Waals surface area contributed by atoms with Gasteiger partial charge in [0.1, 0.15) is 5.70 Å². The van der Waals surface area contributed by atoms with E-state index >= 15 is 0 Å². The van der Waals surface area contributed by atoms with E-state index in [2.05, 4.69) is 11.3 Å². The number of nitrogens with two attached hydrogens (primary N) is 1. The third kappa shape index (κ3) is 5.44. The molecule has 10 heavy (non-hydrogen) atoms. The van der Waals surface area contributed by atoms with Crippen LogP contribution in [0.5, 0.6) is 0 Å². The molecule has 0 radical (unpaired) electrons. The summed E-state index contributed by atoms with van der Waals surface area (Å²) >= 11 is 0. The van der Waals surface area contributed by atoms with Crippen LogP contribution in [0.4, 0.5) is 0 Å². The molecule has 0 aromatic carbocycles. The molecule has 0 fully saturated rings. The number of ether oxygens (including phenoxy) is 1. The second kappa shape index (κ2) is 6.42. The van der Waals surface area contributed by atoms with E-state index in [1.54, 1.807) is 0 Å². The summed E-state index contributed by atoms with van der Waals surface area (Å²) in [5.41, 5.74) is 4.97. The van der Waals surface area contributed by atoms with E-state index in [1.165, 1.54) is 0 Å². The first-order valence-electron chi connectivity index (χ1n) is 2.80. The highest BCUT2D eigenvalue weighted by atomic mass is 35.5. The Kier molecular flexibility index (Phi) is 7.72. The molecule has 0 atom stereocenters. The molecule has 3 nitrogen and oxygen atoms in total. The van der Waals surface area contributed by atoms with Crippen LogP contribution in [0.3, 0.4) is 0 Å². The minimum absolute atomic E-state index is 0. The Morgan fingerprint density at radius 1 is 1.70 bits per heavy atom. The summed E-state index contributed by atoms with van der Waals surface area (Å²) in [6.45, 7) is 5.53. The second-order valence-corrected chi connectivity index (χ2v) is 1.66. The highest BCUT2D eigenvalue weighted by molar-refractivity contribution is 5.86. The van der Waals surface area contributed by atoms with Gasteiger partial charge in [0.15, 0.2) is 0 Å². The molecule has 2 N–H and O–H groups in total. The van der Waals surface area contributed by atoms with Crippen molar-refractivity contribution in [1.29, 1.82) is 0 Å². The molecule has 0 aromatic rings. The predicted octanol–water partition coefficient (Wildman–Crippen LogP) is 0.834. The van der Waals surface area contributed by atoms with Crippen molar-refractivity contribution in [1.82, 2.24) is 0 Å². The lowest BCUT2D eigenvalue weighted by Crippen LogP contribution is -2.13. The Hall–Kier alpha value is -0.700. The fourth-order valence-electron chi connectivity index (χ4n) is 0.287. The summed E-state index contributed by atoms with van der Waals surface area (Å²) in [6.07, 6.45) is 0.805. The standard InChI is InChI=1S/C6H11NO2.ClH/c1-3-4-9-6(8)5(2)7;/h2-4,7H2,1H3;1H. The van der Waals surface area contributed by atoms with Gasteiger partial charge in [0.05, 0.1) is 6.61 Å². The zero-order valence-corrected chi connectivity index (χ0v) is 6.74. The van der Waals surface area contributed by atoms with Crippen molar-refractivity contribution in [2.45, 2.75) is 13.3 Å². The minimum atomic E-state index is -0.517. The number of carbonyl (C=O) groups excluding carboxylic acids is 1. The van der Waals surface area contributed by atoms with Gasteiger partial charge in [-0.1, -0.05) is 13.5 Å². The summed E-state index contributed by atoms with van der Waals surface area (Å²) in [7, 11) is 0. The average molecular weight is 166 g/mol. The van der Waals surface area contributed by atoms with Crippen LogP contribution in [-0.4, -0.2) is 12.6 Å². The van der Waals surface area contributed by atoms with Crippen molar-refractivity contribution >= 4 is 18.4 Å². The first kappa shape index (κ1) is 12.0. The van der Waals surface area contributed by atoms with Crippen LogP contribution in [0.1, 0.15) is 13.3 Å². The van der Waals surface area contributed by atoms with E-state index in [9.17, 15) is 4.79 Å². The minimum Gasteiger partial charge on any atom is -0.461 e. The van der Waals surface area contributed by atoms with Gasteiger partial charge in [0.25, 0.3) is 0 Å². The summed E-state index contributed by atoms with van der Waals surface area (Å²) < 4.78 is 4.59. The van der Waals surface area contributed by atoms with E-state index in [-0.39, 0.29) is 18.1 Å². The zero-order valence-electron chi connectivity index (χ0n) is 5.92. The number of hydrogen-bond donors (Lipinski definition) is 1. The van der Waals surface area contributed by atoms with Gasteiger partial charge in [0.2, 0.25) is 0 Å². The van der Waals surface area contributed by atoms with Crippen LogP contribution in [0, 0.1) is 0 Å². The molecule has 60 valence electrons. The Bertz CT molecular complexity index is 125. The lowest BCUT2D eigenvalue weighted by molar-refractivity contribution is -0.139.